The molecule has 3 rings (SSSR count). The molecular formula is C22H35N5O. The summed E-state index contributed by atoms with van der Waals surface area (Å²) < 4.78 is 0. The summed E-state index contributed by atoms with van der Waals surface area (Å²) in [5, 5.41) is 6.42. The van der Waals surface area contributed by atoms with Gasteiger partial charge in [0.25, 0.3) is 5.91 Å². The number of likely N-dealkylation sites (N-methyl/N-ethyl adjacent to an activating group) is 1. The largest absolute Gasteiger partial charge is 0.357 e. The van der Waals surface area contributed by atoms with Crippen molar-refractivity contribution < 1.29 is 4.79 Å². The van der Waals surface area contributed by atoms with Crippen LogP contribution in [0.3, 0.4) is 0 Å². The van der Waals surface area contributed by atoms with E-state index in [1.807, 2.05) is 38.4 Å². The van der Waals surface area contributed by atoms with Crippen LogP contribution in [0.5, 0.6) is 0 Å². The predicted molar refractivity (Wildman–Crippen MR) is 115 cm³/mol. The zero-order chi connectivity index (χ0) is 20.0. The Hall–Kier alpha value is -2.08. The summed E-state index contributed by atoms with van der Waals surface area (Å²) in [5.41, 5.74) is 2.32. The van der Waals surface area contributed by atoms with Gasteiger partial charge in [-0.05, 0) is 63.4 Å². The molecule has 0 radical (unpaired) electrons. The van der Waals surface area contributed by atoms with Gasteiger partial charge in [-0.25, -0.2) is 4.99 Å². The molecule has 1 amide bonds. The molecule has 0 bridgehead atoms. The number of amides is 1. The van der Waals surface area contributed by atoms with E-state index in [1.165, 1.54) is 25.7 Å². The fraction of sp³-hybridized carbons (Fsp3) is 0.636. The number of likely N-dealkylation sites (tertiary alicyclic amines) is 1. The molecule has 1 saturated heterocycles. The van der Waals surface area contributed by atoms with Gasteiger partial charge in [0, 0.05) is 38.3 Å². The van der Waals surface area contributed by atoms with Crippen LogP contribution in [0, 0.1) is 5.41 Å². The van der Waals surface area contributed by atoms with Crippen LogP contribution >= 0.6 is 0 Å². The molecule has 6 heteroatoms. The van der Waals surface area contributed by atoms with Gasteiger partial charge in [-0.2, -0.15) is 0 Å². The van der Waals surface area contributed by atoms with Crippen LogP contribution in [0.1, 0.15) is 48.5 Å². The monoisotopic (exact) mass is 385 g/mol. The Kier molecular flexibility index (Phi) is 6.94. The van der Waals surface area contributed by atoms with Crippen LogP contribution in [-0.2, 0) is 6.54 Å². The molecule has 1 aliphatic heterocycles. The smallest absolute Gasteiger partial charge is 0.251 e. The minimum atomic E-state index is -0.0222. The normalized spacial score (nSPS) is 18.4. The number of nitrogens with one attached hydrogen (secondary N) is 2. The van der Waals surface area contributed by atoms with Gasteiger partial charge in [0.2, 0.25) is 0 Å². The minimum absolute atomic E-state index is 0.0222. The highest BCUT2D eigenvalue weighted by molar-refractivity contribution is 5.94. The van der Waals surface area contributed by atoms with E-state index in [1.54, 1.807) is 0 Å². The second kappa shape index (κ2) is 9.41. The average Bonchev–Trinajstić information content (AvgIpc) is 3.11. The highest BCUT2D eigenvalue weighted by atomic mass is 16.1. The van der Waals surface area contributed by atoms with E-state index in [0.29, 0.717) is 24.1 Å². The molecular weight excluding hydrogens is 350 g/mol. The van der Waals surface area contributed by atoms with Crippen LogP contribution in [0.4, 0.5) is 0 Å². The van der Waals surface area contributed by atoms with Crippen molar-refractivity contribution in [3.8, 4) is 0 Å². The third kappa shape index (κ3) is 5.25. The summed E-state index contributed by atoms with van der Waals surface area (Å²) in [4.78, 5) is 21.7. The van der Waals surface area contributed by atoms with Crippen molar-refractivity contribution in [3.63, 3.8) is 0 Å². The SMILES string of the molecule is CCNC(=NCc1cccc(C(=O)NCCN(C)C)c1)N1CCC2(CCC2)C1. The van der Waals surface area contributed by atoms with Crippen molar-refractivity contribution in [2.45, 2.75) is 39.2 Å². The van der Waals surface area contributed by atoms with E-state index >= 15 is 0 Å². The molecule has 0 atom stereocenters. The van der Waals surface area contributed by atoms with Gasteiger partial charge < -0.3 is 20.4 Å². The van der Waals surface area contributed by atoms with E-state index in [4.69, 9.17) is 4.99 Å². The lowest BCUT2D eigenvalue weighted by Crippen LogP contribution is -2.42. The standard InChI is InChI=1S/C22H35N5O/c1-4-23-21(27-13-11-22(17-27)9-6-10-22)25-16-18-7-5-8-19(15-18)20(28)24-12-14-26(2)3/h5,7-8,15H,4,6,9-14,16-17H2,1-3H3,(H,23,25)(H,24,28). The van der Waals surface area contributed by atoms with Crippen LogP contribution in [0.2, 0.25) is 0 Å². The molecule has 28 heavy (non-hydrogen) atoms. The molecule has 1 spiro atoms. The predicted octanol–water partition coefficient (Wildman–Crippen LogP) is 2.32. The summed E-state index contributed by atoms with van der Waals surface area (Å²) in [6.45, 7) is 7.28. The van der Waals surface area contributed by atoms with Crippen molar-refractivity contribution in [1.82, 2.24) is 20.4 Å². The van der Waals surface area contributed by atoms with E-state index in [9.17, 15) is 4.79 Å². The summed E-state index contributed by atoms with van der Waals surface area (Å²) in [5.74, 6) is 0.984. The number of carbonyl (C=O) groups excluding carboxylic acids is 1. The van der Waals surface area contributed by atoms with Gasteiger partial charge in [-0.1, -0.05) is 18.6 Å². The molecule has 0 aromatic heterocycles. The maximum atomic E-state index is 12.4. The van der Waals surface area contributed by atoms with Crippen molar-refractivity contribution in [2.24, 2.45) is 10.4 Å². The molecule has 154 valence electrons. The minimum Gasteiger partial charge on any atom is -0.357 e. The number of hydrogen-bond donors (Lipinski definition) is 2. The van der Waals surface area contributed by atoms with E-state index in [0.717, 1.165) is 37.7 Å². The number of hydrogen-bond acceptors (Lipinski definition) is 3. The molecule has 1 saturated carbocycles. The molecule has 1 aromatic carbocycles. The van der Waals surface area contributed by atoms with Gasteiger partial charge in [-0.15, -0.1) is 0 Å². The molecule has 2 fully saturated rings. The number of nitrogens with zero attached hydrogens (tertiary/aromatic N) is 3. The van der Waals surface area contributed by atoms with Crippen LogP contribution in [-0.4, -0.2) is 68.5 Å². The van der Waals surface area contributed by atoms with Crippen molar-refractivity contribution in [1.29, 1.82) is 0 Å². The molecule has 0 unspecified atom stereocenters. The van der Waals surface area contributed by atoms with Gasteiger partial charge in [-0.3, -0.25) is 4.79 Å². The van der Waals surface area contributed by atoms with Gasteiger partial charge >= 0.3 is 0 Å². The van der Waals surface area contributed by atoms with Crippen molar-refractivity contribution in [2.75, 3.05) is 46.8 Å². The fourth-order valence-electron chi connectivity index (χ4n) is 4.10. The first-order chi connectivity index (χ1) is 13.5. The zero-order valence-corrected chi connectivity index (χ0v) is 17.6. The Bertz CT molecular complexity index is 696. The summed E-state index contributed by atoms with van der Waals surface area (Å²) in [6.07, 6.45) is 5.41. The van der Waals surface area contributed by atoms with Crippen LogP contribution < -0.4 is 10.6 Å². The molecule has 2 N–H and O–H groups in total. The topological polar surface area (TPSA) is 60.0 Å². The molecule has 1 heterocycles. The van der Waals surface area contributed by atoms with Crippen molar-refractivity contribution in [3.05, 3.63) is 35.4 Å². The summed E-state index contributed by atoms with van der Waals surface area (Å²) >= 11 is 0. The fourth-order valence-corrected chi connectivity index (χ4v) is 4.10. The molecule has 2 aliphatic rings. The molecule has 1 aliphatic carbocycles. The molecule has 6 nitrogen and oxygen atoms in total. The number of guanidine groups is 1. The summed E-state index contributed by atoms with van der Waals surface area (Å²) in [6, 6.07) is 7.80. The maximum Gasteiger partial charge on any atom is 0.251 e. The average molecular weight is 386 g/mol. The third-order valence-electron chi connectivity index (χ3n) is 5.93. The van der Waals surface area contributed by atoms with Crippen molar-refractivity contribution >= 4 is 11.9 Å². The highest BCUT2D eigenvalue weighted by Gasteiger charge is 2.43. The number of rotatable bonds is 7. The lowest BCUT2D eigenvalue weighted by molar-refractivity contribution is 0.0951. The first kappa shape index (κ1) is 20.6. The Morgan fingerprint density at radius 3 is 2.71 bits per heavy atom. The van der Waals surface area contributed by atoms with Gasteiger partial charge in [0.05, 0.1) is 6.54 Å². The number of aliphatic imine (C=N–C) groups is 1. The Balaban J connectivity index is 1.60. The van der Waals surface area contributed by atoms with E-state index < -0.39 is 0 Å². The second-order valence-electron chi connectivity index (χ2n) is 8.45. The number of benzene rings is 1. The van der Waals surface area contributed by atoms with E-state index in [-0.39, 0.29) is 5.91 Å². The lowest BCUT2D eigenvalue weighted by Gasteiger charge is -2.38. The maximum absolute atomic E-state index is 12.4. The van der Waals surface area contributed by atoms with Gasteiger partial charge in [0.1, 0.15) is 0 Å². The van der Waals surface area contributed by atoms with E-state index in [2.05, 4.69) is 27.4 Å². The highest BCUT2D eigenvalue weighted by Crippen LogP contribution is 2.47. The van der Waals surface area contributed by atoms with Crippen LogP contribution in [0.15, 0.2) is 29.3 Å². The quantitative estimate of drug-likeness (QED) is 0.559. The first-order valence-corrected chi connectivity index (χ1v) is 10.6. The number of carbonyl (C=O) groups is 1. The van der Waals surface area contributed by atoms with Crippen LogP contribution in [0.25, 0.3) is 0 Å². The Morgan fingerprint density at radius 1 is 1.25 bits per heavy atom. The zero-order valence-electron chi connectivity index (χ0n) is 17.6. The second-order valence-corrected chi connectivity index (χ2v) is 8.45. The lowest BCUT2D eigenvalue weighted by atomic mass is 9.68. The Morgan fingerprint density at radius 2 is 2.07 bits per heavy atom. The van der Waals surface area contributed by atoms with Gasteiger partial charge in [0.15, 0.2) is 5.96 Å². The third-order valence-corrected chi connectivity index (χ3v) is 5.93. The molecule has 1 aromatic rings. The summed E-state index contributed by atoms with van der Waals surface area (Å²) in [7, 11) is 4.00. The Labute approximate surface area is 169 Å². The first-order valence-electron chi connectivity index (χ1n) is 10.6.